The molecule has 1 atom stereocenters. The monoisotopic (exact) mass is 803 g/mol. The number of hydrogen-bond acceptors (Lipinski definition) is 14. The summed E-state index contributed by atoms with van der Waals surface area (Å²) in [6, 6.07) is 17.2. The van der Waals surface area contributed by atoms with Crippen LogP contribution in [0.25, 0.3) is 32.6 Å². The molecule has 1 aliphatic heterocycles. The standard InChI is InChI=1S/C38H35Cl2N7O7S/c1-20-28(54-38(50)53-20)19-52-32(49)18-42-17-31-47-35-29(55-31)13-14-43-36(35)45-27-8-4-6-24(34(27)40)23-5-3-7-25(33(23)39)26-11-9-21(37(46-26)51-2)15-41-16-22-10-12-30(48)44-22/h3-9,11,13-14,22,41-42H,10,12,15-19H2,1-2H3,(H,43,45)(H,44,48)/t22-/m1/s1. The number of amides is 1. The quantitative estimate of drug-likeness (QED) is 0.0823. The number of halogens is 2. The van der Waals surface area contributed by atoms with E-state index in [4.69, 9.17) is 51.5 Å². The molecule has 4 N–H and O–H groups in total. The van der Waals surface area contributed by atoms with Gasteiger partial charge in [0.15, 0.2) is 23.9 Å². The number of aryl methyl sites for hydroxylation is 1. The number of rotatable bonds is 15. The average Bonchev–Trinajstić information content (AvgIpc) is 3.89. The zero-order chi connectivity index (χ0) is 38.5. The van der Waals surface area contributed by atoms with Gasteiger partial charge in [-0.3, -0.25) is 9.59 Å². The number of ether oxygens (including phenoxy) is 2. The van der Waals surface area contributed by atoms with Crippen molar-refractivity contribution in [1.29, 1.82) is 0 Å². The summed E-state index contributed by atoms with van der Waals surface area (Å²) >= 11 is 15.6. The second-order valence-corrected chi connectivity index (χ2v) is 14.4. The van der Waals surface area contributed by atoms with Crippen molar-refractivity contribution in [3.05, 3.63) is 104 Å². The van der Waals surface area contributed by atoms with Crippen molar-refractivity contribution < 1.29 is 27.9 Å². The van der Waals surface area contributed by atoms with Gasteiger partial charge in [0.05, 0.1) is 39.8 Å². The number of hydrogen-bond donors (Lipinski definition) is 4. The second-order valence-electron chi connectivity index (χ2n) is 12.6. The zero-order valence-corrected chi connectivity index (χ0v) is 32.0. The van der Waals surface area contributed by atoms with Gasteiger partial charge in [0.25, 0.3) is 0 Å². The summed E-state index contributed by atoms with van der Waals surface area (Å²) in [6.07, 6.45) is 3.06. The molecule has 0 bridgehead atoms. The first-order valence-electron chi connectivity index (χ1n) is 17.3. The van der Waals surface area contributed by atoms with Gasteiger partial charge in [0, 0.05) is 60.5 Å². The number of pyridine rings is 2. The van der Waals surface area contributed by atoms with E-state index < -0.39 is 11.8 Å². The van der Waals surface area contributed by atoms with E-state index >= 15 is 0 Å². The number of aromatic nitrogens is 3. The zero-order valence-electron chi connectivity index (χ0n) is 29.7. The highest BCUT2D eigenvalue weighted by Gasteiger charge is 2.21. The minimum Gasteiger partial charge on any atom is -0.481 e. The van der Waals surface area contributed by atoms with Gasteiger partial charge in [0.2, 0.25) is 11.8 Å². The van der Waals surface area contributed by atoms with Crippen LogP contribution in [-0.2, 0) is 34.0 Å². The lowest BCUT2D eigenvalue weighted by Gasteiger charge is -2.16. The van der Waals surface area contributed by atoms with Crippen LogP contribution < -0.4 is 31.8 Å². The lowest BCUT2D eigenvalue weighted by molar-refractivity contribution is -0.144. The molecule has 0 radical (unpaired) electrons. The molecule has 0 unspecified atom stereocenters. The maximum Gasteiger partial charge on any atom is 0.519 e. The average molecular weight is 805 g/mol. The Balaban J connectivity index is 1.03. The molecule has 4 aromatic heterocycles. The summed E-state index contributed by atoms with van der Waals surface area (Å²) in [5.74, 6) is 0.124. The van der Waals surface area contributed by atoms with E-state index in [0.29, 0.717) is 81.4 Å². The molecular formula is C38H35Cl2N7O7S. The predicted molar refractivity (Wildman–Crippen MR) is 209 cm³/mol. The van der Waals surface area contributed by atoms with Crippen LogP contribution in [0.4, 0.5) is 11.5 Å². The third-order valence-electron chi connectivity index (χ3n) is 8.84. The van der Waals surface area contributed by atoms with Gasteiger partial charge in [-0.05, 0) is 31.5 Å². The minimum atomic E-state index is -0.845. The van der Waals surface area contributed by atoms with E-state index in [1.165, 1.54) is 11.3 Å². The van der Waals surface area contributed by atoms with Crippen LogP contribution in [0.3, 0.4) is 0 Å². The Bertz CT molecular complexity index is 2430. The number of methoxy groups -OCH3 is 1. The Morgan fingerprint density at radius 3 is 2.55 bits per heavy atom. The first kappa shape index (κ1) is 38.0. The summed E-state index contributed by atoms with van der Waals surface area (Å²) < 4.78 is 21.3. The number of benzene rings is 2. The van der Waals surface area contributed by atoms with Crippen LogP contribution in [-0.4, -0.2) is 53.1 Å². The Hall–Kier alpha value is -5.32. The number of nitrogens with one attached hydrogen (secondary N) is 4. The maximum absolute atomic E-state index is 12.2. The molecule has 0 aliphatic carbocycles. The van der Waals surface area contributed by atoms with Crippen LogP contribution in [0.2, 0.25) is 10.0 Å². The number of carbonyl (C=O) groups excluding carboxylic acids is 2. The molecule has 0 saturated carbocycles. The molecule has 1 amide bonds. The first-order chi connectivity index (χ1) is 26.7. The van der Waals surface area contributed by atoms with Crippen LogP contribution in [0.5, 0.6) is 5.88 Å². The molecule has 1 aliphatic rings. The van der Waals surface area contributed by atoms with Crippen LogP contribution in [0.1, 0.15) is 34.9 Å². The number of fused-ring (bicyclic) bond motifs is 1. The number of esters is 1. The lowest BCUT2D eigenvalue weighted by Crippen LogP contribution is -2.35. The van der Waals surface area contributed by atoms with Gasteiger partial charge in [-0.1, -0.05) is 59.6 Å². The molecule has 17 heteroatoms. The Labute approximate surface area is 328 Å². The maximum atomic E-state index is 12.2. The van der Waals surface area contributed by atoms with Gasteiger partial charge in [-0.2, -0.15) is 0 Å². The number of carbonyl (C=O) groups is 2. The smallest absolute Gasteiger partial charge is 0.481 e. The number of nitrogens with zero attached hydrogens (tertiary/aromatic N) is 3. The molecule has 5 heterocycles. The van der Waals surface area contributed by atoms with Crippen molar-refractivity contribution in [2.45, 2.75) is 45.5 Å². The van der Waals surface area contributed by atoms with Gasteiger partial charge < -0.3 is 39.6 Å². The van der Waals surface area contributed by atoms with Crippen molar-refractivity contribution in [3.8, 4) is 28.3 Å². The van der Waals surface area contributed by atoms with Crippen molar-refractivity contribution >= 4 is 68.1 Å². The molecule has 1 fully saturated rings. The molecule has 7 rings (SSSR count). The van der Waals surface area contributed by atoms with E-state index in [1.807, 2.05) is 54.6 Å². The summed E-state index contributed by atoms with van der Waals surface area (Å²) in [4.78, 5) is 49.0. The third-order valence-corrected chi connectivity index (χ3v) is 10.7. The van der Waals surface area contributed by atoms with Crippen LogP contribution >= 0.6 is 34.5 Å². The van der Waals surface area contributed by atoms with E-state index in [2.05, 4.69) is 26.3 Å². The summed E-state index contributed by atoms with van der Waals surface area (Å²) in [5, 5.41) is 14.4. The molecule has 0 spiro atoms. The molecule has 2 aromatic carbocycles. The normalized spacial score (nSPS) is 14.0. The van der Waals surface area contributed by atoms with Crippen molar-refractivity contribution in [2.75, 3.05) is 25.5 Å². The van der Waals surface area contributed by atoms with Crippen LogP contribution in [0.15, 0.2) is 74.4 Å². The molecule has 6 aromatic rings. The molecular weight excluding hydrogens is 769 g/mol. The molecule has 1 saturated heterocycles. The van der Waals surface area contributed by atoms with Gasteiger partial charge in [-0.15, -0.1) is 11.3 Å². The van der Waals surface area contributed by atoms with Crippen LogP contribution in [0, 0.1) is 6.92 Å². The van der Waals surface area contributed by atoms with Crippen molar-refractivity contribution in [2.24, 2.45) is 0 Å². The largest absolute Gasteiger partial charge is 0.519 e. The molecule has 284 valence electrons. The van der Waals surface area contributed by atoms with E-state index in [1.54, 1.807) is 20.2 Å². The van der Waals surface area contributed by atoms with E-state index in [-0.39, 0.29) is 36.6 Å². The Morgan fingerprint density at radius 1 is 0.982 bits per heavy atom. The fraction of sp³-hybridized carbons (Fsp3) is 0.263. The lowest BCUT2D eigenvalue weighted by atomic mass is 10.00. The first-order valence-corrected chi connectivity index (χ1v) is 18.8. The van der Waals surface area contributed by atoms with E-state index in [9.17, 15) is 14.4 Å². The number of anilines is 2. The number of thiazole rings is 1. The summed E-state index contributed by atoms with van der Waals surface area (Å²) in [7, 11) is 1.58. The van der Waals surface area contributed by atoms with Crippen molar-refractivity contribution in [1.82, 2.24) is 30.9 Å². The SMILES string of the molecule is COc1nc(-c2cccc(-c3cccc(Nc4nccc5sc(CNCC(=O)OCc6oc(=O)oc6C)nc45)c3Cl)c2Cl)ccc1CNC[C@H]1CCC(=O)N1. The molecule has 55 heavy (non-hydrogen) atoms. The van der Waals surface area contributed by atoms with Crippen molar-refractivity contribution in [3.63, 3.8) is 0 Å². The summed E-state index contributed by atoms with van der Waals surface area (Å²) in [6.45, 7) is 2.76. The fourth-order valence-electron chi connectivity index (χ4n) is 6.09. The van der Waals surface area contributed by atoms with Gasteiger partial charge in [-0.25, -0.2) is 19.7 Å². The van der Waals surface area contributed by atoms with Gasteiger partial charge in [0.1, 0.15) is 10.5 Å². The topological polar surface area (TPSA) is 183 Å². The second kappa shape index (κ2) is 17.0. The minimum absolute atomic E-state index is 0.0811. The van der Waals surface area contributed by atoms with E-state index in [0.717, 1.165) is 21.7 Å². The highest BCUT2D eigenvalue weighted by Crippen LogP contribution is 2.42. The Kier molecular flexibility index (Phi) is 11.7. The highest BCUT2D eigenvalue weighted by molar-refractivity contribution is 7.18. The third kappa shape index (κ3) is 8.82. The van der Waals surface area contributed by atoms with Gasteiger partial charge >= 0.3 is 11.8 Å². The highest BCUT2D eigenvalue weighted by atomic mass is 35.5. The Morgan fingerprint density at radius 2 is 1.78 bits per heavy atom. The summed E-state index contributed by atoms with van der Waals surface area (Å²) in [5.41, 5.74) is 4.90. The predicted octanol–water partition coefficient (Wildman–Crippen LogP) is 6.54. The molecule has 14 nitrogen and oxygen atoms in total. The fourth-order valence-corrected chi connectivity index (χ4v) is 7.62.